The first kappa shape index (κ1) is 7.11. The Morgan fingerprint density at radius 1 is 1.71 bits per heavy atom. The molecule has 5 heteroatoms. The maximum atomic E-state index is 9.96. The molecular formula is C2H9N2O2P. The van der Waals surface area contributed by atoms with Crippen LogP contribution >= 0.6 is 8.03 Å². The molecule has 0 saturated heterocycles. The molecule has 0 rings (SSSR count). The van der Waals surface area contributed by atoms with E-state index >= 15 is 0 Å². The molecule has 0 saturated carbocycles. The molecule has 7 heavy (non-hydrogen) atoms. The first-order valence-corrected chi connectivity index (χ1v) is 3.11. The minimum Gasteiger partial charge on any atom is -0.344 e. The van der Waals surface area contributed by atoms with Gasteiger partial charge in [-0.2, -0.15) is 0 Å². The van der Waals surface area contributed by atoms with Crippen LogP contribution in [0, 0.1) is 0 Å². The summed E-state index contributed by atoms with van der Waals surface area (Å²) in [6, 6.07) is 0. The van der Waals surface area contributed by atoms with Gasteiger partial charge in [-0.3, -0.25) is 4.57 Å². The van der Waals surface area contributed by atoms with Crippen molar-refractivity contribution >= 4 is 8.03 Å². The van der Waals surface area contributed by atoms with E-state index in [4.69, 9.17) is 16.4 Å². The highest BCUT2D eigenvalue weighted by Crippen LogP contribution is 2.23. The van der Waals surface area contributed by atoms with E-state index in [2.05, 4.69) is 0 Å². The lowest BCUT2D eigenvalue weighted by Gasteiger charge is -2.11. The zero-order valence-electron chi connectivity index (χ0n) is 4.01. The highest BCUT2D eigenvalue weighted by Gasteiger charge is 2.16. The molecule has 0 aromatic carbocycles. The summed E-state index contributed by atoms with van der Waals surface area (Å²) in [7, 11) is -2.74. The average molecular weight is 124 g/mol. The van der Waals surface area contributed by atoms with Crippen LogP contribution in [0.5, 0.6) is 0 Å². The van der Waals surface area contributed by atoms with Crippen LogP contribution in [0.2, 0.25) is 0 Å². The molecular weight excluding hydrogens is 115 g/mol. The van der Waals surface area contributed by atoms with Crippen molar-refractivity contribution in [3.05, 3.63) is 0 Å². The fourth-order valence-corrected chi connectivity index (χ4v) is 0. The zero-order valence-corrected chi connectivity index (χ0v) is 5.01. The fourth-order valence-electron chi connectivity index (χ4n) is 0. The van der Waals surface area contributed by atoms with Crippen molar-refractivity contribution in [2.24, 2.45) is 11.5 Å². The van der Waals surface area contributed by atoms with Gasteiger partial charge in [-0.15, -0.1) is 0 Å². The molecule has 0 bridgehead atoms. The fraction of sp³-hybridized carbons (Fsp3) is 1.00. The van der Waals surface area contributed by atoms with Crippen LogP contribution < -0.4 is 11.5 Å². The van der Waals surface area contributed by atoms with E-state index in [0.29, 0.717) is 0 Å². The highest BCUT2D eigenvalue weighted by atomic mass is 31.1. The Hall–Kier alpha value is 0.110. The lowest BCUT2D eigenvalue weighted by atomic mass is 10.6. The SMILES string of the molecule is CC(N)(N)[PH](=O)O. The van der Waals surface area contributed by atoms with E-state index in [1.807, 2.05) is 0 Å². The van der Waals surface area contributed by atoms with Crippen molar-refractivity contribution in [2.45, 2.75) is 12.3 Å². The molecule has 44 valence electrons. The van der Waals surface area contributed by atoms with Crippen LogP contribution in [-0.2, 0) is 4.57 Å². The van der Waals surface area contributed by atoms with E-state index in [1.165, 1.54) is 6.92 Å². The van der Waals surface area contributed by atoms with Gasteiger partial charge in [-0.05, 0) is 6.92 Å². The second kappa shape index (κ2) is 1.92. The van der Waals surface area contributed by atoms with Crippen molar-refractivity contribution in [1.82, 2.24) is 0 Å². The third-order valence-corrected chi connectivity index (χ3v) is 1.38. The molecule has 1 unspecified atom stereocenters. The van der Waals surface area contributed by atoms with Crippen molar-refractivity contribution < 1.29 is 9.46 Å². The summed E-state index contributed by atoms with van der Waals surface area (Å²) >= 11 is 0. The van der Waals surface area contributed by atoms with Gasteiger partial charge >= 0.3 is 0 Å². The molecule has 4 nitrogen and oxygen atoms in total. The van der Waals surface area contributed by atoms with Gasteiger partial charge in [0.25, 0.3) is 0 Å². The highest BCUT2D eigenvalue weighted by molar-refractivity contribution is 7.39. The quantitative estimate of drug-likeness (QED) is 0.310. The summed E-state index contributed by atoms with van der Waals surface area (Å²) in [4.78, 5) is 8.19. The van der Waals surface area contributed by atoms with E-state index in [0.717, 1.165) is 0 Å². The van der Waals surface area contributed by atoms with E-state index in [-0.39, 0.29) is 0 Å². The first-order chi connectivity index (χ1) is 2.94. The summed E-state index contributed by atoms with van der Waals surface area (Å²) in [6.45, 7) is 1.30. The van der Waals surface area contributed by atoms with Crippen molar-refractivity contribution in [3.8, 4) is 0 Å². The lowest BCUT2D eigenvalue weighted by molar-refractivity contribution is 0.461. The Bertz CT molecular complexity index is 86.2. The Morgan fingerprint density at radius 3 is 1.86 bits per heavy atom. The van der Waals surface area contributed by atoms with Gasteiger partial charge < -0.3 is 16.4 Å². The normalized spacial score (nSPS) is 16.6. The molecule has 0 aliphatic heterocycles. The standard InChI is InChI=1S/C2H9N2O2P/c1-2(3,4)7(5)6/h7H,3-4H2,1H3,(H,5,6). The Balaban J connectivity index is 3.79. The second-order valence-electron chi connectivity index (χ2n) is 1.59. The van der Waals surface area contributed by atoms with Crippen LogP contribution in [0.3, 0.4) is 0 Å². The molecule has 5 N–H and O–H groups in total. The maximum Gasteiger partial charge on any atom is 0.222 e. The largest absolute Gasteiger partial charge is 0.344 e. The summed E-state index contributed by atoms with van der Waals surface area (Å²) in [6.07, 6.45) is 0. The Morgan fingerprint density at radius 2 is 1.86 bits per heavy atom. The predicted octanol–water partition coefficient (Wildman–Crippen LogP) is -0.955. The Kier molecular flexibility index (Phi) is 1.95. The third kappa shape index (κ3) is 2.76. The summed E-state index contributed by atoms with van der Waals surface area (Å²) in [5.74, 6) is 0. The summed E-state index contributed by atoms with van der Waals surface area (Å²) in [5, 5.41) is -1.40. The van der Waals surface area contributed by atoms with E-state index in [9.17, 15) is 4.57 Å². The zero-order chi connectivity index (χ0) is 6.08. The van der Waals surface area contributed by atoms with Gasteiger partial charge in [0.15, 0.2) is 0 Å². The third-order valence-electron chi connectivity index (χ3n) is 0.461. The first-order valence-electron chi connectivity index (χ1n) is 1.76. The molecule has 1 atom stereocenters. The molecule has 0 aliphatic carbocycles. The molecule has 0 spiro atoms. The van der Waals surface area contributed by atoms with E-state index < -0.39 is 13.4 Å². The minimum atomic E-state index is -2.74. The predicted molar refractivity (Wildman–Crippen MR) is 28.0 cm³/mol. The molecule has 0 aromatic heterocycles. The molecule has 0 amide bonds. The van der Waals surface area contributed by atoms with Gasteiger partial charge in [0.2, 0.25) is 8.03 Å². The van der Waals surface area contributed by atoms with Gasteiger partial charge in [0.1, 0.15) is 5.40 Å². The van der Waals surface area contributed by atoms with Crippen molar-refractivity contribution in [2.75, 3.05) is 0 Å². The van der Waals surface area contributed by atoms with Crippen molar-refractivity contribution in [1.29, 1.82) is 0 Å². The number of nitrogens with two attached hydrogens (primary N) is 2. The van der Waals surface area contributed by atoms with Gasteiger partial charge in [0.05, 0.1) is 0 Å². The summed E-state index contributed by atoms with van der Waals surface area (Å²) < 4.78 is 9.96. The Labute approximate surface area is 42.4 Å². The second-order valence-corrected chi connectivity index (χ2v) is 3.28. The van der Waals surface area contributed by atoms with Gasteiger partial charge in [0, 0.05) is 0 Å². The number of hydrogen-bond acceptors (Lipinski definition) is 3. The van der Waals surface area contributed by atoms with Gasteiger partial charge in [-0.25, -0.2) is 0 Å². The van der Waals surface area contributed by atoms with Crippen LogP contribution in [-0.4, -0.2) is 10.3 Å². The van der Waals surface area contributed by atoms with Crippen LogP contribution in [0.25, 0.3) is 0 Å². The summed E-state index contributed by atoms with van der Waals surface area (Å²) in [5.41, 5.74) is 9.88. The monoisotopic (exact) mass is 124 g/mol. The maximum absolute atomic E-state index is 9.96. The van der Waals surface area contributed by atoms with Gasteiger partial charge in [-0.1, -0.05) is 0 Å². The average Bonchev–Trinajstić information content (AvgIpc) is 1.31. The molecule has 0 aromatic rings. The molecule has 0 aliphatic rings. The number of hydrogen-bond donors (Lipinski definition) is 3. The molecule has 0 fully saturated rings. The minimum absolute atomic E-state index is 1.30. The van der Waals surface area contributed by atoms with Crippen LogP contribution in [0.4, 0.5) is 0 Å². The molecule has 0 radical (unpaired) electrons. The van der Waals surface area contributed by atoms with Crippen LogP contribution in [0.15, 0.2) is 0 Å². The van der Waals surface area contributed by atoms with Crippen LogP contribution in [0.1, 0.15) is 6.92 Å². The molecule has 0 heterocycles. The van der Waals surface area contributed by atoms with Crippen molar-refractivity contribution in [3.63, 3.8) is 0 Å². The lowest BCUT2D eigenvalue weighted by Crippen LogP contribution is -2.41. The number of rotatable bonds is 1. The smallest absolute Gasteiger partial charge is 0.222 e. The van der Waals surface area contributed by atoms with E-state index in [1.54, 1.807) is 0 Å². The topological polar surface area (TPSA) is 89.3 Å².